The van der Waals surface area contributed by atoms with Crippen LogP contribution in [-0.2, 0) is 10.8 Å². The number of aryl methyl sites for hydroxylation is 1. The van der Waals surface area contributed by atoms with E-state index in [-0.39, 0.29) is 6.03 Å². The number of hydrogen-bond acceptors (Lipinski definition) is 3. The summed E-state index contributed by atoms with van der Waals surface area (Å²) >= 11 is 0. The average molecular weight is 346 g/mol. The molecule has 5 nitrogen and oxygen atoms in total. The van der Waals surface area contributed by atoms with Gasteiger partial charge in [0.05, 0.1) is 6.54 Å². The molecule has 0 aliphatic heterocycles. The predicted molar refractivity (Wildman–Crippen MR) is 97.1 cm³/mol. The summed E-state index contributed by atoms with van der Waals surface area (Å²) in [6.07, 6.45) is 1.61. The molecule has 0 aliphatic rings. The van der Waals surface area contributed by atoms with Crippen molar-refractivity contribution in [3.8, 4) is 5.75 Å². The molecule has 2 amide bonds. The molecule has 0 aromatic heterocycles. The van der Waals surface area contributed by atoms with Crippen molar-refractivity contribution >= 4 is 22.5 Å². The Balaban J connectivity index is 1.82. The molecule has 6 heteroatoms. The van der Waals surface area contributed by atoms with E-state index in [4.69, 9.17) is 4.74 Å². The van der Waals surface area contributed by atoms with Crippen molar-refractivity contribution in [3.05, 3.63) is 54.1 Å². The van der Waals surface area contributed by atoms with Crippen molar-refractivity contribution in [2.75, 3.05) is 31.8 Å². The molecular weight excluding hydrogens is 324 g/mol. The maximum Gasteiger partial charge on any atom is 0.321 e. The van der Waals surface area contributed by atoms with Gasteiger partial charge in [0.1, 0.15) is 12.4 Å². The molecule has 128 valence electrons. The maximum atomic E-state index is 12.2. The van der Waals surface area contributed by atoms with Gasteiger partial charge in [-0.25, -0.2) is 4.79 Å². The highest BCUT2D eigenvalue weighted by Gasteiger charge is 2.09. The highest BCUT2D eigenvalue weighted by atomic mass is 32.2. The Kier molecular flexibility index (Phi) is 6.37. The van der Waals surface area contributed by atoms with Crippen molar-refractivity contribution in [1.29, 1.82) is 0 Å². The minimum absolute atomic E-state index is 0.235. The molecule has 24 heavy (non-hydrogen) atoms. The number of hydrogen-bond donors (Lipinski definition) is 1. The van der Waals surface area contributed by atoms with Crippen molar-refractivity contribution in [3.63, 3.8) is 0 Å². The lowest BCUT2D eigenvalue weighted by Crippen LogP contribution is -2.34. The normalized spacial score (nSPS) is 11.6. The largest absolute Gasteiger partial charge is 0.492 e. The second kappa shape index (κ2) is 8.49. The summed E-state index contributed by atoms with van der Waals surface area (Å²) in [5.74, 6) is 0.785. The van der Waals surface area contributed by atoms with Gasteiger partial charge < -0.3 is 15.0 Å². The number of amides is 2. The van der Waals surface area contributed by atoms with Crippen LogP contribution in [-0.4, -0.2) is 41.6 Å². The summed E-state index contributed by atoms with van der Waals surface area (Å²) in [4.78, 5) is 14.4. The molecule has 0 aliphatic carbocycles. The van der Waals surface area contributed by atoms with Crippen LogP contribution in [0.3, 0.4) is 0 Å². The quantitative estimate of drug-likeness (QED) is 0.873. The van der Waals surface area contributed by atoms with Crippen LogP contribution in [0.1, 0.15) is 5.56 Å². The van der Waals surface area contributed by atoms with Gasteiger partial charge in [0.15, 0.2) is 0 Å². The number of ether oxygens (including phenoxy) is 1. The second-order valence-corrected chi connectivity index (χ2v) is 6.87. The zero-order valence-corrected chi connectivity index (χ0v) is 14.9. The van der Waals surface area contributed by atoms with Crippen LogP contribution in [0, 0.1) is 6.92 Å². The first-order valence-electron chi connectivity index (χ1n) is 7.61. The molecule has 1 N–H and O–H groups in total. The van der Waals surface area contributed by atoms with Crippen molar-refractivity contribution in [1.82, 2.24) is 4.90 Å². The molecule has 2 rings (SSSR count). The molecule has 0 radical (unpaired) electrons. The summed E-state index contributed by atoms with van der Waals surface area (Å²) in [6.45, 7) is 2.89. The van der Waals surface area contributed by atoms with E-state index in [0.717, 1.165) is 5.75 Å². The number of likely N-dealkylation sites (N-methyl/N-ethyl adjacent to an activating group) is 1. The van der Waals surface area contributed by atoms with Crippen LogP contribution in [0.2, 0.25) is 0 Å². The van der Waals surface area contributed by atoms with Gasteiger partial charge in [-0.1, -0.05) is 23.8 Å². The zero-order chi connectivity index (χ0) is 17.5. The number of urea groups is 1. The lowest BCUT2D eigenvalue weighted by Gasteiger charge is -2.18. The highest BCUT2D eigenvalue weighted by molar-refractivity contribution is 7.84. The summed E-state index contributed by atoms with van der Waals surface area (Å²) < 4.78 is 17.1. The van der Waals surface area contributed by atoms with Crippen LogP contribution in [0.5, 0.6) is 5.75 Å². The minimum atomic E-state index is -1.08. The average Bonchev–Trinajstić information content (AvgIpc) is 2.56. The van der Waals surface area contributed by atoms with E-state index >= 15 is 0 Å². The van der Waals surface area contributed by atoms with Gasteiger partial charge in [0.25, 0.3) is 0 Å². The third-order valence-corrected chi connectivity index (χ3v) is 4.40. The topological polar surface area (TPSA) is 58.6 Å². The molecule has 0 fully saturated rings. The molecule has 0 saturated carbocycles. The van der Waals surface area contributed by atoms with Crippen LogP contribution in [0.15, 0.2) is 53.4 Å². The minimum Gasteiger partial charge on any atom is -0.492 e. The zero-order valence-electron chi connectivity index (χ0n) is 14.1. The lowest BCUT2D eigenvalue weighted by molar-refractivity contribution is 0.207. The van der Waals surface area contributed by atoms with Gasteiger partial charge in [-0.15, -0.1) is 0 Å². The molecule has 2 aromatic carbocycles. The fraction of sp³-hybridized carbons (Fsp3) is 0.278. The van der Waals surface area contributed by atoms with Crippen LogP contribution in [0.4, 0.5) is 10.5 Å². The molecule has 2 aromatic rings. The molecule has 0 saturated heterocycles. The number of carbonyl (C=O) groups is 1. The van der Waals surface area contributed by atoms with Crippen molar-refractivity contribution < 1.29 is 13.7 Å². The first kappa shape index (κ1) is 18.0. The Morgan fingerprint density at radius 2 is 1.92 bits per heavy atom. The fourth-order valence-corrected chi connectivity index (χ4v) is 2.57. The van der Waals surface area contributed by atoms with Crippen LogP contribution >= 0.6 is 0 Å². The van der Waals surface area contributed by atoms with Gasteiger partial charge in [0, 0.05) is 34.7 Å². The molecule has 0 bridgehead atoms. The second-order valence-electron chi connectivity index (χ2n) is 5.50. The molecular formula is C18H22N2O3S. The predicted octanol–water partition coefficient (Wildman–Crippen LogP) is 3.28. The number of benzene rings is 2. The number of rotatable bonds is 6. The molecule has 1 atom stereocenters. The summed E-state index contributed by atoms with van der Waals surface area (Å²) in [5, 5.41) is 2.79. The third kappa shape index (κ3) is 5.38. The van der Waals surface area contributed by atoms with E-state index in [9.17, 15) is 9.00 Å². The van der Waals surface area contributed by atoms with E-state index in [1.54, 1.807) is 42.5 Å². The number of carbonyl (C=O) groups excluding carboxylic acids is 1. The molecule has 0 heterocycles. The standard InChI is InChI=1S/C18H22N2O3S/c1-14-7-9-16(10-8-14)23-12-11-20(2)18(21)19-15-5-4-6-17(13-15)24(3)22/h4-10,13H,11-12H2,1-3H3,(H,19,21)/t24-/m0/s1. The number of nitrogens with one attached hydrogen (secondary N) is 1. The van der Waals surface area contributed by atoms with E-state index in [2.05, 4.69) is 5.32 Å². The molecule has 0 spiro atoms. The van der Waals surface area contributed by atoms with Crippen LogP contribution in [0.25, 0.3) is 0 Å². The van der Waals surface area contributed by atoms with Crippen molar-refractivity contribution in [2.24, 2.45) is 0 Å². The summed E-state index contributed by atoms with van der Waals surface area (Å²) in [5.41, 5.74) is 1.80. The molecule has 0 unspecified atom stereocenters. The lowest BCUT2D eigenvalue weighted by atomic mass is 10.2. The first-order chi connectivity index (χ1) is 11.5. The van der Waals surface area contributed by atoms with Gasteiger partial charge in [-0.05, 0) is 37.3 Å². The van der Waals surface area contributed by atoms with Gasteiger partial charge in [-0.3, -0.25) is 4.21 Å². The Morgan fingerprint density at radius 3 is 2.58 bits per heavy atom. The van der Waals surface area contributed by atoms with Crippen molar-refractivity contribution in [2.45, 2.75) is 11.8 Å². The highest BCUT2D eigenvalue weighted by Crippen LogP contribution is 2.14. The smallest absolute Gasteiger partial charge is 0.321 e. The maximum absolute atomic E-state index is 12.2. The monoisotopic (exact) mass is 346 g/mol. The van der Waals surface area contributed by atoms with E-state index in [1.807, 2.05) is 31.2 Å². The first-order valence-corrected chi connectivity index (χ1v) is 9.16. The summed E-state index contributed by atoms with van der Waals surface area (Å²) in [7, 11) is 0.627. The Hall–Kier alpha value is -2.34. The Morgan fingerprint density at radius 1 is 1.21 bits per heavy atom. The summed E-state index contributed by atoms with van der Waals surface area (Å²) in [6, 6.07) is 14.6. The Labute approximate surface area is 145 Å². The Bertz CT molecular complexity index is 716. The third-order valence-electron chi connectivity index (χ3n) is 3.48. The number of nitrogens with zero attached hydrogens (tertiary/aromatic N) is 1. The van der Waals surface area contributed by atoms with Gasteiger partial charge >= 0.3 is 6.03 Å². The van der Waals surface area contributed by atoms with E-state index < -0.39 is 10.8 Å². The van der Waals surface area contributed by atoms with Gasteiger partial charge in [-0.2, -0.15) is 0 Å². The number of anilines is 1. The van der Waals surface area contributed by atoms with Gasteiger partial charge in [0.2, 0.25) is 0 Å². The fourth-order valence-electron chi connectivity index (χ4n) is 2.01. The van der Waals surface area contributed by atoms with E-state index in [1.165, 1.54) is 5.56 Å². The van der Waals surface area contributed by atoms with Crippen LogP contribution < -0.4 is 10.1 Å². The SMILES string of the molecule is Cc1ccc(OCCN(C)C(=O)Nc2cccc([S@](C)=O)c2)cc1. The van der Waals surface area contributed by atoms with E-state index in [0.29, 0.717) is 23.7 Å².